The van der Waals surface area contributed by atoms with E-state index in [1.807, 2.05) is 11.3 Å². The lowest BCUT2D eigenvalue weighted by Crippen LogP contribution is -1.84. The van der Waals surface area contributed by atoms with E-state index < -0.39 is 0 Å². The van der Waals surface area contributed by atoms with E-state index in [4.69, 9.17) is 0 Å². The van der Waals surface area contributed by atoms with Crippen LogP contribution in [0.3, 0.4) is 0 Å². The number of hydrogen-bond donors (Lipinski definition) is 0. The van der Waals surface area contributed by atoms with Crippen LogP contribution in [0.15, 0.2) is 6.07 Å². The molecule has 0 aromatic carbocycles. The Morgan fingerprint density at radius 2 is 1.92 bits per heavy atom. The smallest absolute Gasteiger partial charge is 0.00490 e. The maximum atomic E-state index is 2.35. The average molecular weight is 196 g/mol. The molecule has 0 saturated carbocycles. The van der Waals surface area contributed by atoms with Crippen molar-refractivity contribution in [1.29, 1.82) is 0 Å². The normalized spacial score (nSPS) is 10.7. The largest absolute Gasteiger partial charge is 0.146 e. The first-order valence-electron chi connectivity index (χ1n) is 5.30. The molecule has 0 atom stereocenters. The molecule has 1 aromatic heterocycles. The maximum absolute atomic E-state index is 2.35. The third-order valence-electron chi connectivity index (χ3n) is 2.44. The molecule has 0 N–H and O–H groups in total. The second-order valence-corrected chi connectivity index (χ2v) is 5.21. The summed E-state index contributed by atoms with van der Waals surface area (Å²) >= 11 is 1.93. The van der Waals surface area contributed by atoms with E-state index in [1.54, 1.807) is 5.56 Å². The molecule has 1 heterocycles. The van der Waals surface area contributed by atoms with Crippen molar-refractivity contribution in [2.45, 2.75) is 52.9 Å². The molecule has 0 unspecified atom stereocenters. The SMILES string of the molecule is CCCCCCc1cc(C)sc1C. The van der Waals surface area contributed by atoms with Gasteiger partial charge in [0.2, 0.25) is 0 Å². The van der Waals surface area contributed by atoms with Gasteiger partial charge in [0.25, 0.3) is 0 Å². The molecule has 0 aliphatic rings. The molecule has 74 valence electrons. The van der Waals surface area contributed by atoms with Gasteiger partial charge in [-0.15, -0.1) is 11.3 Å². The number of rotatable bonds is 5. The molecule has 0 aliphatic heterocycles. The van der Waals surface area contributed by atoms with Gasteiger partial charge in [-0.25, -0.2) is 0 Å². The van der Waals surface area contributed by atoms with Crippen LogP contribution in [0.4, 0.5) is 0 Å². The fourth-order valence-corrected chi connectivity index (χ4v) is 2.65. The zero-order chi connectivity index (χ0) is 9.68. The monoisotopic (exact) mass is 196 g/mol. The van der Waals surface area contributed by atoms with Crippen LogP contribution in [0, 0.1) is 13.8 Å². The number of aryl methyl sites for hydroxylation is 3. The summed E-state index contributed by atoms with van der Waals surface area (Å²) in [6, 6.07) is 2.35. The van der Waals surface area contributed by atoms with Gasteiger partial charge in [-0.2, -0.15) is 0 Å². The molecular weight excluding hydrogens is 176 g/mol. The first-order valence-corrected chi connectivity index (χ1v) is 6.11. The van der Waals surface area contributed by atoms with Crippen molar-refractivity contribution < 1.29 is 0 Å². The molecule has 0 fully saturated rings. The molecule has 0 amide bonds. The predicted octanol–water partition coefficient (Wildman–Crippen LogP) is 4.49. The average Bonchev–Trinajstić information content (AvgIpc) is 2.39. The number of thiophene rings is 1. The van der Waals surface area contributed by atoms with Crippen molar-refractivity contribution in [2.24, 2.45) is 0 Å². The Bertz CT molecular complexity index is 248. The predicted molar refractivity (Wildman–Crippen MR) is 61.6 cm³/mol. The van der Waals surface area contributed by atoms with Gasteiger partial charge in [0, 0.05) is 9.75 Å². The zero-order valence-electron chi connectivity index (χ0n) is 9.02. The van der Waals surface area contributed by atoms with E-state index in [2.05, 4.69) is 26.8 Å². The van der Waals surface area contributed by atoms with Crippen molar-refractivity contribution in [3.63, 3.8) is 0 Å². The Labute approximate surface area is 86.0 Å². The van der Waals surface area contributed by atoms with E-state index in [-0.39, 0.29) is 0 Å². The molecular formula is C12H20S. The Morgan fingerprint density at radius 1 is 1.15 bits per heavy atom. The van der Waals surface area contributed by atoms with Gasteiger partial charge in [0.1, 0.15) is 0 Å². The standard InChI is InChI=1S/C12H20S/c1-4-5-6-7-8-12-9-10(2)13-11(12)3/h9H,4-8H2,1-3H3. The topological polar surface area (TPSA) is 0 Å². The zero-order valence-corrected chi connectivity index (χ0v) is 9.84. The summed E-state index contributed by atoms with van der Waals surface area (Å²) in [5, 5.41) is 0. The van der Waals surface area contributed by atoms with Crippen molar-refractivity contribution in [3.05, 3.63) is 21.4 Å². The van der Waals surface area contributed by atoms with Crippen LogP contribution in [-0.4, -0.2) is 0 Å². The third-order valence-corrected chi connectivity index (χ3v) is 3.45. The summed E-state index contributed by atoms with van der Waals surface area (Å²) in [5.74, 6) is 0. The van der Waals surface area contributed by atoms with E-state index in [1.165, 1.54) is 41.9 Å². The summed E-state index contributed by atoms with van der Waals surface area (Å²) in [5.41, 5.74) is 1.58. The summed E-state index contributed by atoms with van der Waals surface area (Å²) in [6.45, 7) is 6.71. The van der Waals surface area contributed by atoms with Gasteiger partial charge >= 0.3 is 0 Å². The van der Waals surface area contributed by atoms with E-state index >= 15 is 0 Å². The quantitative estimate of drug-likeness (QED) is 0.609. The summed E-state index contributed by atoms with van der Waals surface area (Å²) < 4.78 is 0. The Kier molecular flexibility index (Phi) is 4.51. The highest BCUT2D eigenvalue weighted by Crippen LogP contribution is 2.22. The van der Waals surface area contributed by atoms with Gasteiger partial charge in [-0.05, 0) is 38.3 Å². The minimum atomic E-state index is 1.29. The van der Waals surface area contributed by atoms with Gasteiger partial charge < -0.3 is 0 Å². The molecule has 0 radical (unpaired) electrons. The highest BCUT2D eigenvalue weighted by molar-refractivity contribution is 7.12. The lowest BCUT2D eigenvalue weighted by Gasteiger charge is -1.98. The molecule has 1 rings (SSSR count). The maximum Gasteiger partial charge on any atom is 0.00490 e. The van der Waals surface area contributed by atoms with E-state index in [0.717, 1.165) is 0 Å². The van der Waals surface area contributed by atoms with Crippen LogP contribution in [-0.2, 0) is 6.42 Å². The molecule has 13 heavy (non-hydrogen) atoms. The summed E-state index contributed by atoms with van der Waals surface area (Å²) in [4.78, 5) is 2.98. The van der Waals surface area contributed by atoms with Crippen molar-refractivity contribution in [3.8, 4) is 0 Å². The van der Waals surface area contributed by atoms with Crippen molar-refractivity contribution in [1.82, 2.24) is 0 Å². The lowest BCUT2D eigenvalue weighted by molar-refractivity contribution is 0.666. The molecule has 0 bridgehead atoms. The van der Waals surface area contributed by atoms with Gasteiger partial charge in [0.05, 0.1) is 0 Å². The first kappa shape index (κ1) is 10.8. The van der Waals surface area contributed by atoms with Gasteiger partial charge in [-0.1, -0.05) is 26.2 Å². The fourth-order valence-electron chi connectivity index (χ4n) is 1.67. The third kappa shape index (κ3) is 3.51. The summed E-state index contributed by atoms with van der Waals surface area (Å²) in [7, 11) is 0. The van der Waals surface area contributed by atoms with Crippen LogP contribution in [0.1, 0.15) is 47.9 Å². The highest BCUT2D eigenvalue weighted by Gasteiger charge is 2.01. The molecule has 0 nitrogen and oxygen atoms in total. The minimum absolute atomic E-state index is 1.29. The second-order valence-electron chi connectivity index (χ2n) is 3.75. The van der Waals surface area contributed by atoms with Crippen molar-refractivity contribution >= 4 is 11.3 Å². The first-order chi connectivity index (χ1) is 6.24. The Balaban J connectivity index is 2.32. The van der Waals surface area contributed by atoms with Gasteiger partial charge in [-0.3, -0.25) is 0 Å². The molecule has 0 saturated heterocycles. The van der Waals surface area contributed by atoms with Crippen LogP contribution < -0.4 is 0 Å². The van der Waals surface area contributed by atoms with Crippen LogP contribution >= 0.6 is 11.3 Å². The van der Waals surface area contributed by atoms with Crippen molar-refractivity contribution in [2.75, 3.05) is 0 Å². The molecule has 0 spiro atoms. The molecule has 0 aliphatic carbocycles. The van der Waals surface area contributed by atoms with Gasteiger partial charge in [0.15, 0.2) is 0 Å². The van der Waals surface area contributed by atoms with Crippen LogP contribution in [0.2, 0.25) is 0 Å². The highest BCUT2D eigenvalue weighted by atomic mass is 32.1. The second kappa shape index (κ2) is 5.43. The Hall–Kier alpha value is -0.300. The van der Waals surface area contributed by atoms with Crippen LogP contribution in [0.5, 0.6) is 0 Å². The van der Waals surface area contributed by atoms with Crippen LogP contribution in [0.25, 0.3) is 0 Å². The Morgan fingerprint density at radius 3 is 2.46 bits per heavy atom. The van der Waals surface area contributed by atoms with E-state index in [9.17, 15) is 0 Å². The number of hydrogen-bond acceptors (Lipinski definition) is 1. The van der Waals surface area contributed by atoms with E-state index in [0.29, 0.717) is 0 Å². The minimum Gasteiger partial charge on any atom is -0.146 e. The molecule has 1 heteroatoms. The lowest BCUT2D eigenvalue weighted by atomic mass is 10.1. The fraction of sp³-hybridized carbons (Fsp3) is 0.667. The molecule has 1 aromatic rings. The number of unbranched alkanes of at least 4 members (excludes halogenated alkanes) is 3. The summed E-state index contributed by atoms with van der Waals surface area (Å²) in [6.07, 6.45) is 6.77.